The molecule has 3 N–H and O–H groups in total. The molecule has 2 atom stereocenters. The number of methoxy groups -OCH3 is 1. The van der Waals surface area contributed by atoms with Crippen molar-refractivity contribution < 1.29 is 20.1 Å². The Labute approximate surface area is 103 Å². The summed E-state index contributed by atoms with van der Waals surface area (Å²) in [6.07, 6.45) is -1.42. The van der Waals surface area contributed by atoms with Gasteiger partial charge in [0.15, 0.2) is 11.5 Å². The van der Waals surface area contributed by atoms with Crippen LogP contribution < -0.4 is 4.74 Å². The number of halogens is 1. The first-order valence-electron chi connectivity index (χ1n) is 4.89. The fourth-order valence-corrected chi connectivity index (χ4v) is 1.85. The maximum Gasteiger partial charge on any atom is 0.160 e. The fraction of sp³-hybridized carbons (Fsp3) is 0.455. The molecule has 0 bridgehead atoms. The van der Waals surface area contributed by atoms with Crippen LogP contribution in [-0.4, -0.2) is 33.9 Å². The lowest BCUT2D eigenvalue weighted by atomic mass is 10.0. The average molecular weight is 291 g/mol. The molecule has 0 radical (unpaired) electrons. The van der Waals surface area contributed by atoms with E-state index in [1.807, 2.05) is 0 Å². The molecule has 1 rings (SSSR count). The predicted octanol–water partition coefficient (Wildman–Crippen LogP) is 1.58. The van der Waals surface area contributed by atoms with Crippen LogP contribution in [0.25, 0.3) is 0 Å². The van der Waals surface area contributed by atoms with E-state index in [9.17, 15) is 15.3 Å². The van der Waals surface area contributed by atoms with Crippen molar-refractivity contribution in [3.8, 4) is 11.5 Å². The second-order valence-electron chi connectivity index (χ2n) is 3.42. The van der Waals surface area contributed by atoms with Gasteiger partial charge in [-0.25, -0.2) is 0 Å². The monoisotopic (exact) mass is 290 g/mol. The van der Waals surface area contributed by atoms with Crippen molar-refractivity contribution in [3.05, 3.63) is 23.8 Å². The lowest BCUT2D eigenvalue weighted by Gasteiger charge is -2.17. The van der Waals surface area contributed by atoms with Gasteiger partial charge in [-0.15, -0.1) is 0 Å². The zero-order valence-corrected chi connectivity index (χ0v) is 10.5. The molecule has 5 heteroatoms. The van der Waals surface area contributed by atoms with Gasteiger partial charge in [0, 0.05) is 5.33 Å². The van der Waals surface area contributed by atoms with Gasteiger partial charge < -0.3 is 20.1 Å². The van der Waals surface area contributed by atoms with E-state index in [2.05, 4.69) is 15.9 Å². The summed E-state index contributed by atoms with van der Waals surface area (Å²) < 4.78 is 4.89. The highest BCUT2D eigenvalue weighted by molar-refractivity contribution is 9.09. The Morgan fingerprint density at radius 3 is 2.56 bits per heavy atom. The summed E-state index contributed by atoms with van der Waals surface area (Å²) in [6, 6.07) is 4.55. The topological polar surface area (TPSA) is 69.9 Å². The zero-order valence-electron chi connectivity index (χ0n) is 8.93. The highest BCUT2D eigenvalue weighted by Crippen LogP contribution is 2.30. The lowest BCUT2D eigenvalue weighted by molar-refractivity contribution is 0.0172. The number of phenolic OH excluding ortho intramolecular Hbond substituents is 1. The van der Waals surface area contributed by atoms with Gasteiger partial charge in [0.05, 0.1) is 13.2 Å². The molecule has 0 saturated carbocycles. The molecule has 0 saturated heterocycles. The largest absolute Gasteiger partial charge is 0.504 e. The summed E-state index contributed by atoms with van der Waals surface area (Å²) in [5, 5.41) is 29.5. The van der Waals surface area contributed by atoms with E-state index in [0.29, 0.717) is 23.1 Å². The van der Waals surface area contributed by atoms with Crippen LogP contribution in [0.3, 0.4) is 0 Å². The van der Waals surface area contributed by atoms with Crippen molar-refractivity contribution in [2.45, 2.75) is 18.6 Å². The van der Waals surface area contributed by atoms with Gasteiger partial charge in [-0.2, -0.15) is 0 Å². The number of alkyl halides is 1. The smallest absolute Gasteiger partial charge is 0.160 e. The van der Waals surface area contributed by atoms with Crippen LogP contribution >= 0.6 is 15.9 Å². The van der Waals surface area contributed by atoms with Crippen molar-refractivity contribution in [3.63, 3.8) is 0 Å². The van der Waals surface area contributed by atoms with E-state index >= 15 is 0 Å². The van der Waals surface area contributed by atoms with Crippen LogP contribution in [-0.2, 0) is 0 Å². The summed E-state index contributed by atoms with van der Waals surface area (Å²) in [6.45, 7) is 0. The van der Waals surface area contributed by atoms with E-state index in [-0.39, 0.29) is 5.75 Å². The van der Waals surface area contributed by atoms with Crippen LogP contribution in [0.5, 0.6) is 11.5 Å². The second kappa shape index (κ2) is 6.08. The van der Waals surface area contributed by atoms with Crippen molar-refractivity contribution in [2.75, 3.05) is 12.4 Å². The molecule has 1 aromatic rings. The summed E-state index contributed by atoms with van der Waals surface area (Å²) in [5.41, 5.74) is 0.465. The molecular formula is C11H15BrO4. The number of benzene rings is 1. The fourth-order valence-electron chi connectivity index (χ4n) is 1.38. The Hall–Kier alpha value is -0.780. The number of hydrogen-bond acceptors (Lipinski definition) is 4. The second-order valence-corrected chi connectivity index (χ2v) is 4.21. The highest BCUT2D eigenvalue weighted by Gasteiger charge is 2.18. The minimum atomic E-state index is -1.01. The van der Waals surface area contributed by atoms with E-state index in [0.717, 1.165) is 0 Å². The number of ether oxygens (including phenoxy) is 1. The van der Waals surface area contributed by atoms with Gasteiger partial charge in [-0.3, -0.25) is 0 Å². The maximum atomic E-state index is 9.79. The van der Waals surface area contributed by atoms with Gasteiger partial charge in [-0.05, 0) is 24.1 Å². The molecule has 4 nitrogen and oxygen atoms in total. The minimum absolute atomic E-state index is 0.0508. The predicted molar refractivity (Wildman–Crippen MR) is 64.0 cm³/mol. The molecule has 16 heavy (non-hydrogen) atoms. The molecule has 0 amide bonds. The average Bonchev–Trinajstić information content (AvgIpc) is 2.28. The normalized spacial score (nSPS) is 14.5. The molecule has 2 unspecified atom stereocenters. The SMILES string of the molecule is COc1ccc(C(O)C(O)CCBr)cc1O. The summed E-state index contributed by atoms with van der Waals surface area (Å²) >= 11 is 3.19. The first kappa shape index (κ1) is 13.3. The van der Waals surface area contributed by atoms with Crippen molar-refractivity contribution in [1.82, 2.24) is 0 Å². The third kappa shape index (κ3) is 3.10. The van der Waals surface area contributed by atoms with Gasteiger partial charge >= 0.3 is 0 Å². The standard InChI is InChI=1S/C11H15BrO4/c1-16-10-3-2-7(6-9(10)14)11(15)8(13)4-5-12/h2-3,6,8,11,13-15H,4-5H2,1H3. The molecular weight excluding hydrogens is 276 g/mol. The van der Waals surface area contributed by atoms with Crippen molar-refractivity contribution in [1.29, 1.82) is 0 Å². The molecule has 0 aliphatic rings. The first-order chi connectivity index (χ1) is 7.60. The number of aliphatic hydroxyl groups excluding tert-OH is 2. The number of hydrogen-bond donors (Lipinski definition) is 3. The number of rotatable bonds is 5. The van der Waals surface area contributed by atoms with Crippen LogP contribution in [0.2, 0.25) is 0 Å². The van der Waals surface area contributed by atoms with E-state index in [1.54, 1.807) is 12.1 Å². The number of aliphatic hydroxyl groups is 2. The van der Waals surface area contributed by atoms with E-state index < -0.39 is 12.2 Å². The van der Waals surface area contributed by atoms with Crippen LogP contribution in [0, 0.1) is 0 Å². The van der Waals surface area contributed by atoms with Crippen LogP contribution in [0.1, 0.15) is 18.1 Å². The summed E-state index contributed by atoms with van der Waals surface area (Å²) in [7, 11) is 1.45. The molecule has 0 aliphatic heterocycles. The summed E-state index contributed by atoms with van der Waals surface area (Å²) in [5.74, 6) is 0.288. The molecule has 0 spiro atoms. The Bertz CT molecular complexity index is 343. The Kier molecular flexibility index (Phi) is 5.05. The Morgan fingerprint density at radius 2 is 2.06 bits per heavy atom. The minimum Gasteiger partial charge on any atom is -0.504 e. The first-order valence-corrected chi connectivity index (χ1v) is 6.01. The number of aromatic hydroxyl groups is 1. The lowest BCUT2D eigenvalue weighted by Crippen LogP contribution is -2.18. The molecule has 1 aromatic carbocycles. The quantitative estimate of drug-likeness (QED) is 0.720. The van der Waals surface area contributed by atoms with Crippen LogP contribution in [0.15, 0.2) is 18.2 Å². The van der Waals surface area contributed by atoms with Gasteiger partial charge in [0.25, 0.3) is 0 Å². The Balaban J connectivity index is 2.84. The molecule has 0 heterocycles. The van der Waals surface area contributed by atoms with Crippen molar-refractivity contribution in [2.24, 2.45) is 0 Å². The Morgan fingerprint density at radius 1 is 1.38 bits per heavy atom. The van der Waals surface area contributed by atoms with Crippen molar-refractivity contribution >= 4 is 15.9 Å². The molecule has 0 aliphatic carbocycles. The van der Waals surface area contributed by atoms with Gasteiger partial charge in [-0.1, -0.05) is 22.0 Å². The maximum absolute atomic E-state index is 9.79. The number of phenols is 1. The van der Waals surface area contributed by atoms with E-state index in [1.165, 1.54) is 13.2 Å². The summed E-state index contributed by atoms with van der Waals surface area (Å²) in [4.78, 5) is 0. The van der Waals surface area contributed by atoms with Gasteiger partial charge in [0.1, 0.15) is 6.10 Å². The van der Waals surface area contributed by atoms with E-state index in [4.69, 9.17) is 4.74 Å². The molecule has 0 aromatic heterocycles. The third-order valence-corrected chi connectivity index (χ3v) is 2.77. The highest BCUT2D eigenvalue weighted by atomic mass is 79.9. The zero-order chi connectivity index (χ0) is 12.1. The molecule has 90 valence electrons. The third-order valence-electron chi connectivity index (χ3n) is 2.31. The van der Waals surface area contributed by atoms with Gasteiger partial charge in [0.2, 0.25) is 0 Å². The van der Waals surface area contributed by atoms with Crippen LogP contribution in [0.4, 0.5) is 0 Å². The molecule has 0 fully saturated rings.